The Kier molecular flexibility index (Phi) is 3.29. The number of hydrogen-bond donors (Lipinski definition) is 2. The predicted octanol–water partition coefficient (Wildman–Crippen LogP) is 1.21. The molecule has 1 heterocycles. The van der Waals surface area contributed by atoms with Gasteiger partial charge in [0.25, 0.3) is 5.91 Å². The Bertz CT molecular complexity index is 347. The third kappa shape index (κ3) is 1.97. The Balaban J connectivity index is 2.07. The van der Waals surface area contributed by atoms with Crippen molar-refractivity contribution in [3.05, 3.63) is 24.0 Å². The zero-order valence-corrected chi connectivity index (χ0v) is 9.65. The van der Waals surface area contributed by atoms with Gasteiger partial charge < -0.3 is 15.6 Å². The van der Waals surface area contributed by atoms with Crippen molar-refractivity contribution in [2.45, 2.75) is 25.3 Å². The summed E-state index contributed by atoms with van der Waals surface area (Å²) in [6, 6.07) is 3.96. The number of nitrogens with one attached hydrogen (secondary N) is 1. The minimum atomic E-state index is 0.0651. The number of carbonyl (C=O) groups is 1. The van der Waals surface area contributed by atoms with Gasteiger partial charge in [-0.05, 0) is 37.4 Å². The van der Waals surface area contributed by atoms with Crippen molar-refractivity contribution in [3.63, 3.8) is 0 Å². The van der Waals surface area contributed by atoms with E-state index in [2.05, 4.69) is 4.98 Å². The van der Waals surface area contributed by atoms with E-state index in [-0.39, 0.29) is 5.91 Å². The van der Waals surface area contributed by atoms with E-state index in [1.54, 1.807) is 6.20 Å². The lowest BCUT2D eigenvalue weighted by atomic mass is 10.0. The summed E-state index contributed by atoms with van der Waals surface area (Å²) in [6.07, 6.45) is 5.17. The molecule has 16 heavy (non-hydrogen) atoms. The second-order valence-electron chi connectivity index (χ2n) is 4.49. The number of carbonyl (C=O) groups excluding carboxylic acids is 1. The van der Waals surface area contributed by atoms with E-state index in [4.69, 9.17) is 5.73 Å². The Labute approximate surface area is 95.8 Å². The highest BCUT2D eigenvalue weighted by atomic mass is 16.2. The van der Waals surface area contributed by atoms with Crippen LogP contribution in [0.15, 0.2) is 18.3 Å². The van der Waals surface area contributed by atoms with Gasteiger partial charge in [-0.3, -0.25) is 4.79 Å². The molecule has 2 unspecified atom stereocenters. The molecule has 0 bridgehead atoms. The van der Waals surface area contributed by atoms with Crippen LogP contribution in [0.4, 0.5) is 0 Å². The average Bonchev–Trinajstić information content (AvgIpc) is 2.97. The summed E-state index contributed by atoms with van der Waals surface area (Å²) in [5.74, 6) is 0.527. The second-order valence-corrected chi connectivity index (χ2v) is 4.49. The summed E-state index contributed by atoms with van der Waals surface area (Å²) >= 11 is 0. The number of nitrogens with two attached hydrogens (primary N) is 1. The molecular weight excluding hydrogens is 202 g/mol. The third-order valence-corrected chi connectivity index (χ3v) is 3.57. The lowest BCUT2D eigenvalue weighted by molar-refractivity contribution is 0.0694. The van der Waals surface area contributed by atoms with Crippen LogP contribution in [-0.2, 0) is 0 Å². The van der Waals surface area contributed by atoms with Crippen LogP contribution in [0.25, 0.3) is 0 Å². The smallest absolute Gasteiger partial charge is 0.270 e. The van der Waals surface area contributed by atoms with Crippen molar-refractivity contribution in [3.8, 4) is 0 Å². The Morgan fingerprint density at radius 1 is 1.62 bits per heavy atom. The molecule has 1 aliphatic rings. The van der Waals surface area contributed by atoms with Gasteiger partial charge in [0.05, 0.1) is 0 Å². The topological polar surface area (TPSA) is 62.1 Å². The maximum Gasteiger partial charge on any atom is 0.270 e. The molecule has 3 N–H and O–H groups in total. The summed E-state index contributed by atoms with van der Waals surface area (Å²) in [5, 5.41) is 0. The molecule has 2 rings (SSSR count). The van der Waals surface area contributed by atoms with Crippen molar-refractivity contribution < 1.29 is 4.79 Å². The number of aromatic amines is 1. The van der Waals surface area contributed by atoms with Crippen LogP contribution in [0.2, 0.25) is 0 Å². The molecule has 0 aliphatic heterocycles. The normalized spacial score (nSPS) is 24.6. The van der Waals surface area contributed by atoms with Gasteiger partial charge in [-0.1, -0.05) is 6.42 Å². The lowest BCUT2D eigenvalue weighted by Gasteiger charge is -2.28. The monoisotopic (exact) mass is 221 g/mol. The van der Waals surface area contributed by atoms with E-state index in [1.807, 2.05) is 24.1 Å². The number of H-pyrrole nitrogens is 1. The van der Waals surface area contributed by atoms with E-state index < -0.39 is 0 Å². The van der Waals surface area contributed by atoms with Crippen LogP contribution >= 0.6 is 0 Å². The van der Waals surface area contributed by atoms with E-state index in [0.717, 1.165) is 12.8 Å². The third-order valence-electron chi connectivity index (χ3n) is 3.57. The van der Waals surface area contributed by atoms with Crippen molar-refractivity contribution >= 4 is 5.91 Å². The lowest BCUT2D eigenvalue weighted by Crippen LogP contribution is -2.41. The van der Waals surface area contributed by atoms with Crippen LogP contribution in [0.1, 0.15) is 29.8 Å². The summed E-state index contributed by atoms with van der Waals surface area (Å²) in [4.78, 5) is 16.9. The highest BCUT2D eigenvalue weighted by Crippen LogP contribution is 2.29. The Hall–Kier alpha value is -1.29. The molecule has 88 valence electrons. The number of nitrogens with zero attached hydrogens (tertiary/aromatic N) is 1. The van der Waals surface area contributed by atoms with E-state index in [1.165, 1.54) is 6.42 Å². The van der Waals surface area contributed by atoms with E-state index >= 15 is 0 Å². The number of aromatic nitrogens is 1. The van der Waals surface area contributed by atoms with Crippen LogP contribution in [0, 0.1) is 5.92 Å². The zero-order valence-electron chi connectivity index (χ0n) is 9.65. The molecule has 0 aromatic carbocycles. The fourth-order valence-corrected chi connectivity index (χ4v) is 2.61. The van der Waals surface area contributed by atoms with Gasteiger partial charge in [-0.25, -0.2) is 0 Å². The molecule has 1 fully saturated rings. The number of rotatable bonds is 3. The molecule has 1 amide bonds. The van der Waals surface area contributed by atoms with Gasteiger partial charge in [-0.2, -0.15) is 0 Å². The van der Waals surface area contributed by atoms with E-state index in [0.29, 0.717) is 24.2 Å². The maximum absolute atomic E-state index is 12.1. The molecule has 1 aromatic rings. The van der Waals surface area contributed by atoms with Gasteiger partial charge >= 0.3 is 0 Å². The van der Waals surface area contributed by atoms with Crippen LogP contribution in [0.5, 0.6) is 0 Å². The fraction of sp³-hybridized carbons (Fsp3) is 0.583. The second kappa shape index (κ2) is 4.70. The standard InChI is InChI=1S/C12H19N3O/c1-15(11-6-2-4-9(11)8-13)12(16)10-5-3-7-14-10/h3,5,7,9,11,14H,2,4,6,8,13H2,1H3. The van der Waals surface area contributed by atoms with Gasteiger partial charge in [0, 0.05) is 19.3 Å². The fourth-order valence-electron chi connectivity index (χ4n) is 2.61. The maximum atomic E-state index is 12.1. The molecule has 1 aromatic heterocycles. The van der Waals surface area contributed by atoms with Gasteiger partial charge in [0.15, 0.2) is 0 Å². The van der Waals surface area contributed by atoms with Gasteiger partial charge in [0.2, 0.25) is 0 Å². The largest absolute Gasteiger partial charge is 0.357 e. The first-order valence-electron chi connectivity index (χ1n) is 5.84. The van der Waals surface area contributed by atoms with Gasteiger partial charge in [-0.15, -0.1) is 0 Å². The molecule has 1 saturated carbocycles. The summed E-state index contributed by atoms with van der Waals surface area (Å²) in [5.41, 5.74) is 6.39. The van der Waals surface area contributed by atoms with Crippen molar-refractivity contribution in [2.75, 3.05) is 13.6 Å². The zero-order chi connectivity index (χ0) is 11.5. The highest BCUT2D eigenvalue weighted by Gasteiger charge is 2.32. The van der Waals surface area contributed by atoms with Crippen molar-refractivity contribution in [1.29, 1.82) is 0 Å². The Morgan fingerprint density at radius 3 is 3.06 bits per heavy atom. The molecule has 0 spiro atoms. The van der Waals surface area contributed by atoms with E-state index in [9.17, 15) is 4.79 Å². The molecule has 0 saturated heterocycles. The minimum Gasteiger partial charge on any atom is -0.357 e. The van der Waals surface area contributed by atoms with Crippen molar-refractivity contribution in [1.82, 2.24) is 9.88 Å². The molecule has 4 heteroatoms. The van der Waals surface area contributed by atoms with Crippen molar-refractivity contribution in [2.24, 2.45) is 11.7 Å². The highest BCUT2D eigenvalue weighted by molar-refractivity contribution is 5.92. The quantitative estimate of drug-likeness (QED) is 0.806. The van der Waals surface area contributed by atoms with Crippen LogP contribution in [0.3, 0.4) is 0 Å². The average molecular weight is 221 g/mol. The Morgan fingerprint density at radius 2 is 2.44 bits per heavy atom. The minimum absolute atomic E-state index is 0.0651. The van der Waals surface area contributed by atoms with Crippen LogP contribution < -0.4 is 5.73 Å². The molecule has 1 aliphatic carbocycles. The predicted molar refractivity (Wildman–Crippen MR) is 63.1 cm³/mol. The summed E-state index contributed by atoms with van der Waals surface area (Å²) in [6.45, 7) is 0.674. The molecule has 2 atom stereocenters. The SMILES string of the molecule is CN(C(=O)c1ccc[nH]1)C1CCCC1CN. The number of hydrogen-bond acceptors (Lipinski definition) is 2. The summed E-state index contributed by atoms with van der Waals surface area (Å²) < 4.78 is 0. The summed E-state index contributed by atoms with van der Waals surface area (Å²) in [7, 11) is 1.88. The first kappa shape index (κ1) is 11.2. The molecular formula is C12H19N3O. The van der Waals surface area contributed by atoms with Gasteiger partial charge in [0.1, 0.15) is 5.69 Å². The van der Waals surface area contributed by atoms with Crippen LogP contribution in [-0.4, -0.2) is 35.4 Å². The first-order chi connectivity index (χ1) is 7.74. The number of amides is 1. The molecule has 0 radical (unpaired) electrons. The first-order valence-corrected chi connectivity index (χ1v) is 5.84. The molecule has 4 nitrogen and oxygen atoms in total.